The number of para-hydroxylation sites is 4. The van der Waals surface area contributed by atoms with Gasteiger partial charge in [-0.2, -0.15) is 0 Å². The van der Waals surface area contributed by atoms with E-state index in [1.54, 1.807) is 0 Å². The molecule has 1 aliphatic heterocycles. The Morgan fingerprint density at radius 1 is 0.408 bits per heavy atom. The second-order valence-corrected chi connectivity index (χ2v) is 13.0. The first-order chi connectivity index (χ1) is 24.3. The van der Waals surface area contributed by atoms with Gasteiger partial charge in [0.2, 0.25) is 0 Å². The van der Waals surface area contributed by atoms with Gasteiger partial charge >= 0.3 is 0 Å². The van der Waals surface area contributed by atoms with Gasteiger partial charge in [0.1, 0.15) is 17.1 Å². The van der Waals surface area contributed by atoms with Crippen molar-refractivity contribution in [3.63, 3.8) is 0 Å². The van der Waals surface area contributed by atoms with Gasteiger partial charge in [-0.05, 0) is 87.5 Å². The van der Waals surface area contributed by atoms with Crippen molar-refractivity contribution in [2.75, 3.05) is 0 Å². The lowest BCUT2D eigenvalue weighted by Gasteiger charge is -2.27. The zero-order valence-electron chi connectivity index (χ0n) is 26.5. The van der Waals surface area contributed by atoms with E-state index in [9.17, 15) is 0 Å². The topological polar surface area (TPSA) is 35.6 Å². The van der Waals surface area contributed by atoms with Crippen LogP contribution in [0.25, 0.3) is 67.1 Å². The van der Waals surface area contributed by atoms with Gasteiger partial charge in [-0.1, -0.05) is 121 Å². The number of aromatic nitrogens is 4. The molecule has 2 aliphatic rings. The first kappa shape index (κ1) is 26.5. The van der Waals surface area contributed by atoms with Crippen LogP contribution in [0.15, 0.2) is 170 Å². The Morgan fingerprint density at radius 3 is 1.86 bits per heavy atom. The third kappa shape index (κ3) is 3.47. The van der Waals surface area contributed by atoms with E-state index in [0.29, 0.717) is 0 Å². The highest BCUT2D eigenvalue weighted by molar-refractivity contribution is 5.93. The maximum absolute atomic E-state index is 5.54. The molecule has 0 saturated carbocycles. The van der Waals surface area contributed by atoms with Gasteiger partial charge in [0.05, 0.1) is 27.8 Å². The molecule has 7 aromatic carbocycles. The third-order valence-electron chi connectivity index (χ3n) is 10.5. The summed E-state index contributed by atoms with van der Waals surface area (Å²) in [7, 11) is 0. The van der Waals surface area contributed by atoms with Crippen molar-refractivity contribution in [2.45, 2.75) is 5.41 Å². The van der Waals surface area contributed by atoms with Crippen LogP contribution >= 0.6 is 0 Å². The minimum Gasteiger partial charge on any atom is -0.295 e. The van der Waals surface area contributed by atoms with Crippen molar-refractivity contribution < 1.29 is 0 Å². The number of hydrogen-bond donors (Lipinski definition) is 0. The molecule has 0 saturated heterocycles. The molecule has 0 bridgehead atoms. The largest absolute Gasteiger partial charge is 0.295 e. The van der Waals surface area contributed by atoms with Crippen LogP contribution in [0.1, 0.15) is 22.5 Å². The molecular formula is C45H28N4. The van der Waals surface area contributed by atoms with Crippen molar-refractivity contribution in [3.05, 3.63) is 192 Å². The van der Waals surface area contributed by atoms with E-state index in [-0.39, 0.29) is 0 Å². The van der Waals surface area contributed by atoms with Crippen molar-refractivity contribution in [1.29, 1.82) is 0 Å². The second-order valence-electron chi connectivity index (χ2n) is 13.0. The van der Waals surface area contributed by atoms with E-state index >= 15 is 0 Å². The lowest BCUT2D eigenvalue weighted by Crippen LogP contribution is -2.27. The quantitative estimate of drug-likeness (QED) is 0.196. The Bertz CT molecular complexity index is 2740. The summed E-state index contributed by atoms with van der Waals surface area (Å²) < 4.78 is 4.65. The fourth-order valence-electron chi connectivity index (χ4n) is 8.52. The zero-order chi connectivity index (χ0) is 32.1. The monoisotopic (exact) mass is 624 g/mol. The van der Waals surface area contributed by atoms with Gasteiger partial charge in [-0.15, -0.1) is 0 Å². The molecule has 1 spiro atoms. The molecular weight excluding hydrogens is 597 g/mol. The molecule has 2 aromatic heterocycles. The molecule has 0 atom stereocenters. The number of hydrogen-bond acceptors (Lipinski definition) is 2. The maximum atomic E-state index is 5.54. The molecule has 0 amide bonds. The van der Waals surface area contributed by atoms with E-state index in [0.717, 1.165) is 56.1 Å². The Morgan fingerprint density at radius 2 is 1.04 bits per heavy atom. The van der Waals surface area contributed by atoms with Gasteiger partial charge in [-0.3, -0.25) is 9.13 Å². The van der Waals surface area contributed by atoms with Crippen LogP contribution in [0.4, 0.5) is 0 Å². The van der Waals surface area contributed by atoms with Crippen molar-refractivity contribution in [2.24, 2.45) is 0 Å². The Kier molecular flexibility index (Phi) is 5.28. The van der Waals surface area contributed by atoms with Gasteiger partial charge in [-0.25, -0.2) is 9.97 Å². The SMILES string of the molecule is c1ccc(-n2c(-c3cccc(-c4ccc5c(c4)nc4n5-c5ccccc5C45c4ccccc4-c4ccccc45)c3)nc3ccccc32)cc1. The fraction of sp³-hybridized carbons (Fsp3) is 0.0222. The molecule has 0 radical (unpaired) electrons. The molecule has 11 rings (SSSR count). The third-order valence-corrected chi connectivity index (χ3v) is 10.5. The summed E-state index contributed by atoms with van der Waals surface area (Å²) in [6.45, 7) is 0. The smallest absolute Gasteiger partial charge is 0.145 e. The number of benzene rings is 7. The molecule has 9 aromatic rings. The van der Waals surface area contributed by atoms with Crippen LogP contribution in [0, 0.1) is 0 Å². The standard InChI is InChI=1S/C45H28N4/c1-2-15-32(16-3-1)48-41-24-11-9-22-38(41)46-43(48)31-14-12-13-29(27-31)30-25-26-42-39(28-30)47-44-45(37-21-8-10-23-40(37)49(42)44)35-19-6-4-17-33(35)34-18-5-7-20-36(34)45/h1-28H. The van der Waals surface area contributed by atoms with E-state index in [4.69, 9.17) is 9.97 Å². The van der Waals surface area contributed by atoms with Crippen LogP contribution in [-0.4, -0.2) is 19.1 Å². The highest BCUT2D eigenvalue weighted by atomic mass is 15.1. The van der Waals surface area contributed by atoms with E-state index < -0.39 is 5.41 Å². The Hall–Kier alpha value is -6.52. The molecule has 1 aliphatic carbocycles. The summed E-state index contributed by atoms with van der Waals surface area (Å²) in [6.07, 6.45) is 0. The lowest BCUT2D eigenvalue weighted by molar-refractivity contribution is 0.738. The minimum atomic E-state index is -0.473. The summed E-state index contributed by atoms with van der Waals surface area (Å²) in [6, 6.07) is 60.9. The van der Waals surface area contributed by atoms with Gasteiger partial charge in [0.25, 0.3) is 0 Å². The first-order valence-electron chi connectivity index (χ1n) is 16.8. The predicted molar refractivity (Wildman–Crippen MR) is 197 cm³/mol. The van der Waals surface area contributed by atoms with Gasteiger partial charge < -0.3 is 0 Å². The molecule has 49 heavy (non-hydrogen) atoms. The fourth-order valence-corrected chi connectivity index (χ4v) is 8.52. The summed E-state index contributed by atoms with van der Waals surface area (Å²) in [5.41, 5.74) is 15.8. The number of imidazole rings is 2. The van der Waals surface area contributed by atoms with Crippen LogP contribution < -0.4 is 0 Å². The average molecular weight is 625 g/mol. The van der Waals surface area contributed by atoms with Crippen molar-refractivity contribution in [3.8, 4) is 45.0 Å². The molecule has 4 nitrogen and oxygen atoms in total. The van der Waals surface area contributed by atoms with Crippen LogP contribution in [0.3, 0.4) is 0 Å². The number of rotatable bonds is 3. The Labute approximate surface area is 283 Å². The first-order valence-corrected chi connectivity index (χ1v) is 16.8. The Balaban J connectivity index is 1.10. The summed E-state index contributed by atoms with van der Waals surface area (Å²) in [5, 5.41) is 0. The molecule has 0 N–H and O–H groups in total. The highest BCUT2D eigenvalue weighted by Gasteiger charge is 2.54. The highest BCUT2D eigenvalue weighted by Crippen LogP contribution is 2.60. The molecule has 3 heterocycles. The van der Waals surface area contributed by atoms with Crippen LogP contribution in [0.5, 0.6) is 0 Å². The van der Waals surface area contributed by atoms with E-state index in [2.05, 4.69) is 173 Å². The maximum Gasteiger partial charge on any atom is 0.145 e. The molecule has 0 fully saturated rings. The van der Waals surface area contributed by atoms with Crippen LogP contribution in [-0.2, 0) is 5.41 Å². The summed E-state index contributed by atoms with van der Waals surface area (Å²) >= 11 is 0. The minimum absolute atomic E-state index is 0.473. The summed E-state index contributed by atoms with van der Waals surface area (Å²) in [5.74, 6) is 1.98. The van der Waals surface area contributed by atoms with E-state index in [1.165, 1.54) is 33.5 Å². The summed E-state index contributed by atoms with van der Waals surface area (Å²) in [4.78, 5) is 10.7. The normalized spacial score (nSPS) is 13.5. The van der Waals surface area contributed by atoms with Crippen molar-refractivity contribution >= 4 is 22.1 Å². The number of nitrogens with zero attached hydrogens (tertiary/aromatic N) is 4. The molecule has 0 unspecified atom stereocenters. The van der Waals surface area contributed by atoms with E-state index in [1.807, 2.05) is 6.07 Å². The predicted octanol–water partition coefficient (Wildman–Crippen LogP) is 10.4. The zero-order valence-corrected chi connectivity index (χ0v) is 26.5. The second kappa shape index (κ2) is 9.75. The number of fused-ring (bicyclic) bond motifs is 13. The van der Waals surface area contributed by atoms with Gasteiger partial charge in [0.15, 0.2) is 0 Å². The molecule has 228 valence electrons. The van der Waals surface area contributed by atoms with Crippen molar-refractivity contribution in [1.82, 2.24) is 19.1 Å². The van der Waals surface area contributed by atoms with Gasteiger partial charge in [0, 0.05) is 11.3 Å². The molecule has 4 heteroatoms. The lowest BCUT2D eigenvalue weighted by atomic mass is 9.73. The van der Waals surface area contributed by atoms with Crippen LogP contribution in [0.2, 0.25) is 0 Å². The average Bonchev–Trinajstić information content (AvgIpc) is 3.90.